The first-order valence-corrected chi connectivity index (χ1v) is 5.85. The number of rotatable bonds is 1. The molecule has 0 radical (unpaired) electrons. The Labute approximate surface area is 128 Å². The van der Waals surface area contributed by atoms with Gasteiger partial charge in [-0.2, -0.15) is 0 Å². The second-order valence-corrected chi connectivity index (χ2v) is 4.11. The molecule has 0 saturated carbocycles. The quantitative estimate of drug-likeness (QED) is 0.435. The molecule has 3 heteroatoms. The first-order chi connectivity index (χ1) is 8.86. The van der Waals surface area contributed by atoms with Crippen LogP contribution in [0.25, 0.3) is 10.9 Å². The van der Waals surface area contributed by atoms with Crippen LogP contribution in [0.2, 0.25) is 0 Å². The average Bonchev–Trinajstić information content (AvgIpc) is 2.47. The van der Waals surface area contributed by atoms with Gasteiger partial charge in [-0.3, -0.25) is 0 Å². The number of carbonyl (C=O) groups is 1. The number of aromatic nitrogens is 1. The van der Waals surface area contributed by atoms with Gasteiger partial charge in [0.05, 0.1) is 5.56 Å². The molecular weight excluding hydrogens is 349 g/mol. The normalized spacial score (nSPS) is 9.89. The zero-order chi connectivity index (χ0) is 12.4. The third-order valence-corrected chi connectivity index (χ3v) is 2.95. The summed E-state index contributed by atoms with van der Waals surface area (Å²) in [5.41, 5.74) is 1.62. The van der Waals surface area contributed by atoms with E-state index in [1.165, 1.54) is 0 Å². The van der Waals surface area contributed by atoms with Crippen molar-refractivity contribution in [3.8, 4) is 0 Å². The predicted molar refractivity (Wildman–Crippen MR) is 70.3 cm³/mol. The number of nitrogens with zero attached hydrogens (tertiary/aromatic N) is 1. The van der Waals surface area contributed by atoms with Crippen LogP contribution in [0.15, 0.2) is 72.9 Å². The fourth-order valence-electron chi connectivity index (χ4n) is 2.06. The number of fused-ring (bicyclic) bond motifs is 1. The van der Waals surface area contributed by atoms with E-state index in [-0.39, 0.29) is 29.9 Å². The molecule has 0 aliphatic carbocycles. The lowest BCUT2D eigenvalue weighted by atomic mass is 10.1. The number of carbonyl (C=O) groups excluding carboxylic acids is 1. The number of pyridine rings is 1. The van der Waals surface area contributed by atoms with Gasteiger partial charge in [0, 0.05) is 17.5 Å². The monoisotopic (exact) mass is 361 g/mol. The first kappa shape index (κ1) is 13.7. The van der Waals surface area contributed by atoms with Gasteiger partial charge in [0.15, 0.2) is 6.20 Å². The summed E-state index contributed by atoms with van der Waals surface area (Å²) in [5, 5.41) is 1.06. The fraction of sp³-hybridized carbons (Fsp3) is 0. The minimum atomic E-state index is -0.00704. The van der Waals surface area contributed by atoms with E-state index in [1.54, 1.807) is 10.8 Å². The Morgan fingerprint density at radius 2 is 1.42 bits per heavy atom. The summed E-state index contributed by atoms with van der Waals surface area (Å²) in [7, 11) is 0. The Morgan fingerprint density at radius 1 is 0.789 bits per heavy atom. The molecule has 3 aromatic rings. The third-order valence-electron chi connectivity index (χ3n) is 2.95. The van der Waals surface area contributed by atoms with Crippen molar-refractivity contribution in [2.24, 2.45) is 0 Å². The zero-order valence-corrected chi connectivity index (χ0v) is 12.3. The molecule has 0 amide bonds. The lowest BCUT2D eigenvalue weighted by Gasteiger charge is -1.99. The molecule has 1 heterocycles. The Morgan fingerprint density at radius 3 is 2.21 bits per heavy atom. The molecule has 0 aliphatic heterocycles. The van der Waals surface area contributed by atoms with Crippen LogP contribution in [0.3, 0.4) is 0 Å². The highest BCUT2D eigenvalue weighted by Crippen LogP contribution is 2.09. The molecule has 0 aliphatic rings. The molecule has 94 valence electrons. The Balaban J connectivity index is 0.00000133. The van der Waals surface area contributed by atoms with Crippen LogP contribution in [0.4, 0.5) is 0 Å². The summed E-state index contributed by atoms with van der Waals surface area (Å²) in [4.78, 5) is 12.4. The molecule has 0 saturated heterocycles. The van der Waals surface area contributed by atoms with Gasteiger partial charge in [-0.1, -0.05) is 30.3 Å². The van der Waals surface area contributed by atoms with Crippen LogP contribution >= 0.6 is 0 Å². The van der Waals surface area contributed by atoms with Crippen molar-refractivity contribution in [1.29, 1.82) is 0 Å². The number of benzene rings is 2. The zero-order valence-electron chi connectivity index (χ0n) is 10.2. The number of halogens is 1. The van der Waals surface area contributed by atoms with Crippen molar-refractivity contribution in [3.63, 3.8) is 0 Å². The van der Waals surface area contributed by atoms with E-state index in [2.05, 4.69) is 0 Å². The van der Waals surface area contributed by atoms with E-state index in [4.69, 9.17) is 0 Å². The molecule has 1 aromatic heterocycles. The van der Waals surface area contributed by atoms with Crippen molar-refractivity contribution in [3.05, 3.63) is 78.5 Å². The van der Waals surface area contributed by atoms with E-state index in [9.17, 15) is 4.79 Å². The number of hydrogen-bond donors (Lipinski definition) is 0. The lowest BCUT2D eigenvalue weighted by Crippen LogP contribution is -3.00. The minimum absolute atomic E-state index is 0. The van der Waals surface area contributed by atoms with E-state index in [0.29, 0.717) is 5.56 Å². The smallest absolute Gasteiger partial charge is 0.425 e. The summed E-state index contributed by atoms with van der Waals surface area (Å²) < 4.78 is 1.69. The topological polar surface area (TPSA) is 20.9 Å². The highest BCUT2D eigenvalue weighted by Gasteiger charge is 2.19. The molecular formula is C16H12INO. The van der Waals surface area contributed by atoms with E-state index in [1.807, 2.05) is 66.7 Å². The van der Waals surface area contributed by atoms with Gasteiger partial charge < -0.3 is 24.0 Å². The average molecular weight is 361 g/mol. The summed E-state index contributed by atoms with van der Waals surface area (Å²) >= 11 is 0. The van der Waals surface area contributed by atoms with Crippen LogP contribution < -0.4 is 28.5 Å². The van der Waals surface area contributed by atoms with Crippen LogP contribution in [-0.4, -0.2) is 5.91 Å². The maximum atomic E-state index is 12.4. The summed E-state index contributed by atoms with van der Waals surface area (Å²) in [6.07, 6.45) is 1.80. The van der Waals surface area contributed by atoms with E-state index >= 15 is 0 Å². The largest absolute Gasteiger partial charge is 1.00 e. The van der Waals surface area contributed by atoms with Crippen molar-refractivity contribution in [1.82, 2.24) is 0 Å². The Kier molecular flexibility index (Phi) is 4.27. The molecule has 0 atom stereocenters. The molecule has 19 heavy (non-hydrogen) atoms. The molecule has 0 spiro atoms. The van der Waals surface area contributed by atoms with Crippen LogP contribution in [0, 0.1) is 0 Å². The Bertz CT molecular complexity index is 705. The minimum Gasteiger partial charge on any atom is -1.00 e. The van der Waals surface area contributed by atoms with Crippen LogP contribution in [0.1, 0.15) is 10.4 Å². The molecule has 2 aromatic carbocycles. The Hall–Kier alpha value is -1.75. The van der Waals surface area contributed by atoms with Crippen molar-refractivity contribution in [2.45, 2.75) is 0 Å². The highest BCUT2D eigenvalue weighted by atomic mass is 127. The van der Waals surface area contributed by atoms with Gasteiger partial charge in [-0.15, -0.1) is 4.57 Å². The maximum Gasteiger partial charge on any atom is 0.425 e. The highest BCUT2D eigenvalue weighted by molar-refractivity contribution is 5.90. The van der Waals surface area contributed by atoms with Gasteiger partial charge in [0.25, 0.3) is 0 Å². The van der Waals surface area contributed by atoms with Crippen molar-refractivity contribution in [2.75, 3.05) is 0 Å². The predicted octanol–water partition coefficient (Wildman–Crippen LogP) is -0.180. The van der Waals surface area contributed by atoms with E-state index in [0.717, 1.165) is 10.9 Å². The first-order valence-electron chi connectivity index (χ1n) is 5.85. The second kappa shape index (κ2) is 5.93. The summed E-state index contributed by atoms with van der Waals surface area (Å²) in [6, 6.07) is 21.1. The van der Waals surface area contributed by atoms with Crippen LogP contribution in [0.5, 0.6) is 0 Å². The van der Waals surface area contributed by atoms with Gasteiger partial charge in [0.1, 0.15) is 0 Å². The number of hydrogen-bond acceptors (Lipinski definition) is 1. The molecule has 0 fully saturated rings. The maximum absolute atomic E-state index is 12.4. The molecule has 0 bridgehead atoms. The molecule has 0 N–H and O–H groups in total. The fourth-order valence-corrected chi connectivity index (χ4v) is 2.06. The van der Waals surface area contributed by atoms with Gasteiger partial charge in [0.2, 0.25) is 5.52 Å². The van der Waals surface area contributed by atoms with Crippen molar-refractivity contribution < 1.29 is 33.3 Å². The third kappa shape index (κ3) is 2.66. The SMILES string of the molecule is O=C(c1ccccc1)[n+]1cccc2ccccc21.[I-]. The summed E-state index contributed by atoms with van der Waals surface area (Å²) in [6.45, 7) is 0. The summed E-state index contributed by atoms with van der Waals surface area (Å²) in [5.74, 6) is -0.00704. The van der Waals surface area contributed by atoms with Crippen LogP contribution in [-0.2, 0) is 0 Å². The molecule has 0 unspecified atom stereocenters. The standard InChI is InChI=1S/C16H12NO.HI/c18-16(14-8-2-1-3-9-14)17-12-6-10-13-7-4-5-11-15(13)17;/h1-12H;1H/q+1;/p-1. The molecule has 2 nitrogen and oxygen atoms in total. The number of para-hydroxylation sites is 1. The lowest BCUT2D eigenvalue weighted by molar-refractivity contribution is -0.542. The molecule has 3 rings (SSSR count). The van der Waals surface area contributed by atoms with Gasteiger partial charge in [-0.25, -0.2) is 4.79 Å². The van der Waals surface area contributed by atoms with Gasteiger partial charge >= 0.3 is 5.91 Å². The van der Waals surface area contributed by atoms with Crippen molar-refractivity contribution >= 4 is 16.8 Å². The van der Waals surface area contributed by atoms with Gasteiger partial charge in [-0.05, 0) is 24.3 Å². The van der Waals surface area contributed by atoms with E-state index < -0.39 is 0 Å². The second-order valence-electron chi connectivity index (χ2n) is 4.11.